The molecule has 0 fully saturated rings. The van der Waals surface area contributed by atoms with Crippen molar-refractivity contribution in [1.82, 2.24) is 4.98 Å². The van der Waals surface area contributed by atoms with Crippen molar-refractivity contribution < 1.29 is 4.74 Å². The fraction of sp³-hybridized carbons (Fsp3) is 0.0833. The lowest BCUT2D eigenvalue weighted by atomic mass is 10.3. The predicted octanol–water partition coefficient (Wildman–Crippen LogP) is 2.90. The number of hydrogen-bond acceptors (Lipinski definition) is 3. The maximum absolute atomic E-state index is 5.98. The van der Waals surface area contributed by atoms with Crippen LogP contribution in [0.1, 0.15) is 5.56 Å². The van der Waals surface area contributed by atoms with Crippen LogP contribution in [0.4, 0.5) is 5.69 Å². The number of nitrogen functional groups attached to an aromatic ring is 1. The zero-order chi connectivity index (χ0) is 11.4. The van der Waals surface area contributed by atoms with E-state index in [1.807, 2.05) is 12.1 Å². The van der Waals surface area contributed by atoms with Gasteiger partial charge >= 0.3 is 0 Å². The van der Waals surface area contributed by atoms with Gasteiger partial charge in [-0.05, 0) is 24.3 Å². The van der Waals surface area contributed by atoms with Crippen LogP contribution in [0, 0.1) is 0 Å². The molecule has 82 valence electrons. The third-order valence-corrected chi connectivity index (χ3v) is 2.37. The second-order valence-electron chi connectivity index (χ2n) is 3.34. The van der Waals surface area contributed by atoms with Crippen molar-refractivity contribution in [1.29, 1.82) is 0 Å². The average molecular weight is 235 g/mol. The van der Waals surface area contributed by atoms with Crippen LogP contribution in [0.15, 0.2) is 42.7 Å². The molecule has 0 saturated heterocycles. The summed E-state index contributed by atoms with van der Waals surface area (Å²) in [5, 5.41) is 0.517. The van der Waals surface area contributed by atoms with Crippen molar-refractivity contribution in [3.63, 3.8) is 0 Å². The number of anilines is 1. The summed E-state index contributed by atoms with van der Waals surface area (Å²) in [4.78, 5) is 4.00. The van der Waals surface area contributed by atoms with Crippen LogP contribution < -0.4 is 10.5 Å². The zero-order valence-electron chi connectivity index (χ0n) is 8.56. The molecular formula is C12H11ClN2O. The summed E-state index contributed by atoms with van der Waals surface area (Å²) in [6.07, 6.45) is 3.48. The number of nitrogens with zero attached hydrogens (tertiary/aromatic N) is 1. The number of halogens is 1. The van der Waals surface area contributed by atoms with E-state index in [4.69, 9.17) is 22.1 Å². The predicted molar refractivity (Wildman–Crippen MR) is 64.4 cm³/mol. The van der Waals surface area contributed by atoms with Gasteiger partial charge in [-0.15, -0.1) is 0 Å². The first kappa shape index (κ1) is 10.8. The van der Waals surface area contributed by atoms with Gasteiger partial charge in [0.25, 0.3) is 0 Å². The van der Waals surface area contributed by atoms with Crippen LogP contribution in [0.3, 0.4) is 0 Å². The monoisotopic (exact) mass is 234 g/mol. The fourth-order valence-electron chi connectivity index (χ4n) is 1.28. The van der Waals surface area contributed by atoms with E-state index >= 15 is 0 Å². The van der Waals surface area contributed by atoms with E-state index in [1.165, 1.54) is 0 Å². The maximum Gasteiger partial charge on any atom is 0.138 e. The summed E-state index contributed by atoms with van der Waals surface area (Å²) in [5.74, 6) is 0.625. The smallest absolute Gasteiger partial charge is 0.138 e. The standard InChI is InChI=1S/C12H11ClN2O/c13-11-6-10(14)3-4-12(11)16-8-9-2-1-5-15-7-9/h1-7H,8,14H2. The van der Waals surface area contributed by atoms with E-state index in [9.17, 15) is 0 Å². The van der Waals surface area contributed by atoms with Crippen LogP contribution in [-0.2, 0) is 6.61 Å². The van der Waals surface area contributed by atoms with Gasteiger partial charge in [-0.2, -0.15) is 0 Å². The molecule has 2 rings (SSSR count). The molecule has 0 aliphatic heterocycles. The van der Waals surface area contributed by atoms with Gasteiger partial charge in [-0.3, -0.25) is 4.98 Å². The largest absolute Gasteiger partial charge is 0.487 e. The highest BCUT2D eigenvalue weighted by Crippen LogP contribution is 2.26. The number of aromatic nitrogens is 1. The van der Waals surface area contributed by atoms with Crippen LogP contribution in [0.2, 0.25) is 5.02 Å². The molecule has 2 N–H and O–H groups in total. The SMILES string of the molecule is Nc1ccc(OCc2cccnc2)c(Cl)c1. The van der Waals surface area contributed by atoms with E-state index in [1.54, 1.807) is 30.6 Å². The molecule has 2 aromatic rings. The Morgan fingerprint density at radius 3 is 2.88 bits per heavy atom. The summed E-state index contributed by atoms with van der Waals surface area (Å²) in [6.45, 7) is 0.442. The van der Waals surface area contributed by atoms with Gasteiger partial charge in [0.05, 0.1) is 5.02 Å². The number of pyridine rings is 1. The minimum atomic E-state index is 0.442. The molecule has 0 saturated carbocycles. The van der Waals surface area contributed by atoms with Gasteiger partial charge in [0, 0.05) is 23.6 Å². The first-order chi connectivity index (χ1) is 7.75. The number of nitrogens with two attached hydrogens (primary N) is 1. The third-order valence-electron chi connectivity index (χ3n) is 2.07. The van der Waals surface area contributed by atoms with Gasteiger partial charge in [-0.1, -0.05) is 17.7 Å². The van der Waals surface area contributed by atoms with E-state index in [2.05, 4.69) is 4.98 Å². The van der Waals surface area contributed by atoms with E-state index in [0.29, 0.717) is 23.1 Å². The van der Waals surface area contributed by atoms with E-state index in [0.717, 1.165) is 5.56 Å². The summed E-state index contributed by atoms with van der Waals surface area (Å²) >= 11 is 5.98. The Labute approximate surface area is 98.8 Å². The zero-order valence-corrected chi connectivity index (χ0v) is 9.32. The Morgan fingerprint density at radius 2 is 2.19 bits per heavy atom. The molecule has 0 amide bonds. The van der Waals surface area contributed by atoms with Crippen molar-refractivity contribution in [3.8, 4) is 5.75 Å². The quantitative estimate of drug-likeness (QED) is 0.831. The van der Waals surface area contributed by atoms with Gasteiger partial charge in [-0.25, -0.2) is 0 Å². The molecule has 0 aliphatic rings. The van der Waals surface area contributed by atoms with Crippen molar-refractivity contribution >= 4 is 17.3 Å². The van der Waals surface area contributed by atoms with Crippen molar-refractivity contribution in [2.75, 3.05) is 5.73 Å². The third kappa shape index (κ3) is 2.64. The van der Waals surface area contributed by atoms with E-state index < -0.39 is 0 Å². The Kier molecular flexibility index (Phi) is 3.27. The highest BCUT2D eigenvalue weighted by Gasteiger charge is 2.02. The average Bonchev–Trinajstić information content (AvgIpc) is 2.29. The molecule has 0 radical (unpaired) electrons. The minimum absolute atomic E-state index is 0.442. The summed E-state index contributed by atoms with van der Waals surface area (Å²) in [7, 11) is 0. The lowest BCUT2D eigenvalue weighted by Crippen LogP contribution is -1.96. The first-order valence-corrected chi connectivity index (χ1v) is 5.20. The second-order valence-corrected chi connectivity index (χ2v) is 3.75. The molecule has 0 aliphatic carbocycles. The van der Waals surface area contributed by atoms with Crippen LogP contribution in [-0.4, -0.2) is 4.98 Å². The Hall–Kier alpha value is -1.74. The topological polar surface area (TPSA) is 48.1 Å². The van der Waals surface area contributed by atoms with Gasteiger partial charge in [0.15, 0.2) is 0 Å². The molecule has 0 atom stereocenters. The molecular weight excluding hydrogens is 224 g/mol. The summed E-state index contributed by atoms with van der Waals surface area (Å²) in [5.41, 5.74) is 7.20. The fourth-order valence-corrected chi connectivity index (χ4v) is 1.52. The normalized spacial score (nSPS) is 10.1. The van der Waals surface area contributed by atoms with Gasteiger partial charge in [0.1, 0.15) is 12.4 Å². The lowest BCUT2D eigenvalue weighted by Gasteiger charge is -2.08. The van der Waals surface area contributed by atoms with E-state index in [-0.39, 0.29) is 0 Å². The highest BCUT2D eigenvalue weighted by atomic mass is 35.5. The van der Waals surface area contributed by atoms with Crippen LogP contribution in [0.5, 0.6) is 5.75 Å². The summed E-state index contributed by atoms with van der Waals surface area (Å²) in [6, 6.07) is 8.99. The first-order valence-electron chi connectivity index (χ1n) is 4.82. The molecule has 4 heteroatoms. The number of ether oxygens (including phenoxy) is 1. The Bertz CT molecular complexity index is 474. The Balaban J connectivity index is 2.05. The van der Waals surface area contributed by atoms with Gasteiger partial charge < -0.3 is 10.5 Å². The molecule has 16 heavy (non-hydrogen) atoms. The number of hydrogen-bond donors (Lipinski definition) is 1. The maximum atomic E-state index is 5.98. The molecule has 0 unspecified atom stereocenters. The second kappa shape index (κ2) is 4.86. The highest BCUT2D eigenvalue weighted by molar-refractivity contribution is 6.32. The molecule has 3 nitrogen and oxygen atoms in total. The van der Waals surface area contributed by atoms with Gasteiger partial charge in [0.2, 0.25) is 0 Å². The molecule has 1 heterocycles. The molecule has 0 spiro atoms. The lowest BCUT2D eigenvalue weighted by molar-refractivity contribution is 0.306. The number of rotatable bonds is 3. The molecule has 1 aromatic carbocycles. The minimum Gasteiger partial charge on any atom is -0.487 e. The summed E-state index contributed by atoms with van der Waals surface area (Å²) < 4.78 is 5.55. The van der Waals surface area contributed by atoms with Crippen LogP contribution >= 0.6 is 11.6 Å². The molecule has 0 bridgehead atoms. The van der Waals surface area contributed by atoms with Crippen molar-refractivity contribution in [3.05, 3.63) is 53.3 Å². The molecule has 1 aromatic heterocycles. The van der Waals surface area contributed by atoms with Crippen molar-refractivity contribution in [2.24, 2.45) is 0 Å². The Morgan fingerprint density at radius 1 is 1.31 bits per heavy atom. The van der Waals surface area contributed by atoms with Crippen molar-refractivity contribution in [2.45, 2.75) is 6.61 Å². The van der Waals surface area contributed by atoms with Crippen LogP contribution in [0.25, 0.3) is 0 Å². The number of benzene rings is 1.